The lowest BCUT2D eigenvalue weighted by Gasteiger charge is -1.98. The molecule has 3 nitrogen and oxygen atoms in total. The number of anilines is 1. The predicted octanol–water partition coefficient (Wildman–Crippen LogP) is 2.23. The average molecular weight is 240 g/mol. The Hall–Kier alpha value is -1.82. The van der Waals surface area contributed by atoms with Crippen molar-refractivity contribution in [1.82, 2.24) is 4.98 Å². The Morgan fingerprint density at radius 1 is 1.25 bits per heavy atom. The van der Waals surface area contributed by atoms with Gasteiger partial charge in [-0.15, -0.1) is 0 Å². The van der Waals surface area contributed by atoms with Gasteiger partial charge in [0.2, 0.25) is 5.78 Å². The van der Waals surface area contributed by atoms with Gasteiger partial charge in [-0.2, -0.15) is 0 Å². The van der Waals surface area contributed by atoms with Crippen LogP contribution in [0.25, 0.3) is 0 Å². The summed E-state index contributed by atoms with van der Waals surface area (Å²) < 4.78 is 25.8. The van der Waals surface area contributed by atoms with Gasteiger partial charge in [0, 0.05) is 11.6 Å². The molecule has 0 amide bonds. The fourth-order valence-electron chi connectivity index (χ4n) is 1.22. The van der Waals surface area contributed by atoms with Crippen LogP contribution in [0.4, 0.5) is 13.9 Å². The molecule has 0 radical (unpaired) electrons. The van der Waals surface area contributed by atoms with Crippen LogP contribution in [0.2, 0.25) is 0 Å². The first-order chi connectivity index (χ1) is 7.56. The van der Waals surface area contributed by atoms with Gasteiger partial charge in [-0.05, 0) is 12.1 Å². The van der Waals surface area contributed by atoms with Crippen LogP contribution < -0.4 is 5.73 Å². The molecular weight excluding hydrogens is 234 g/mol. The highest BCUT2D eigenvalue weighted by molar-refractivity contribution is 7.17. The molecule has 2 N–H and O–H groups in total. The molecule has 1 heterocycles. The molecule has 0 aliphatic rings. The number of ketones is 1. The fraction of sp³-hybridized carbons (Fsp3) is 0. The molecule has 6 heteroatoms. The van der Waals surface area contributed by atoms with Crippen molar-refractivity contribution in [1.29, 1.82) is 0 Å². The van der Waals surface area contributed by atoms with Crippen LogP contribution in [0.1, 0.15) is 15.2 Å². The first-order valence-corrected chi connectivity index (χ1v) is 5.10. The van der Waals surface area contributed by atoms with Gasteiger partial charge >= 0.3 is 0 Å². The van der Waals surface area contributed by atoms with Crippen molar-refractivity contribution in [2.75, 3.05) is 5.73 Å². The number of nitrogen functional groups attached to an aromatic ring is 1. The summed E-state index contributed by atoms with van der Waals surface area (Å²) in [7, 11) is 0. The second-order valence-corrected chi connectivity index (χ2v) is 4.11. The zero-order chi connectivity index (χ0) is 11.7. The first-order valence-electron chi connectivity index (χ1n) is 4.28. The lowest BCUT2D eigenvalue weighted by Crippen LogP contribution is -2.00. The molecule has 0 saturated heterocycles. The summed E-state index contributed by atoms with van der Waals surface area (Å²) in [6.07, 6.45) is 1.28. The number of thiazole rings is 1. The van der Waals surface area contributed by atoms with Gasteiger partial charge in [-0.25, -0.2) is 13.8 Å². The van der Waals surface area contributed by atoms with E-state index in [-0.39, 0.29) is 15.6 Å². The van der Waals surface area contributed by atoms with E-state index in [1.165, 1.54) is 6.20 Å². The largest absolute Gasteiger partial charge is 0.375 e. The smallest absolute Gasteiger partial charge is 0.204 e. The third-order valence-electron chi connectivity index (χ3n) is 1.87. The van der Waals surface area contributed by atoms with Crippen LogP contribution in [0.15, 0.2) is 24.4 Å². The van der Waals surface area contributed by atoms with E-state index in [1.54, 1.807) is 0 Å². The first kappa shape index (κ1) is 10.7. The molecule has 82 valence electrons. The quantitative estimate of drug-likeness (QED) is 0.819. The lowest BCUT2D eigenvalue weighted by molar-refractivity contribution is 0.104. The molecule has 2 rings (SSSR count). The zero-order valence-corrected chi connectivity index (χ0v) is 8.72. The normalized spacial score (nSPS) is 10.4. The monoisotopic (exact) mass is 240 g/mol. The highest BCUT2D eigenvalue weighted by atomic mass is 32.1. The van der Waals surface area contributed by atoms with Crippen LogP contribution in [-0.2, 0) is 0 Å². The molecule has 0 aliphatic carbocycles. The number of benzene rings is 1. The Balaban J connectivity index is 2.41. The van der Waals surface area contributed by atoms with E-state index in [4.69, 9.17) is 5.73 Å². The molecule has 0 spiro atoms. The maximum absolute atomic E-state index is 12.9. The van der Waals surface area contributed by atoms with E-state index in [0.29, 0.717) is 6.07 Å². The van der Waals surface area contributed by atoms with Gasteiger partial charge in [0.15, 0.2) is 5.13 Å². The van der Waals surface area contributed by atoms with E-state index in [2.05, 4.69) is 4.98 Å². The Morgan fingerprint density at radius 3 is 2.38 bits per heavy atom. The second-order valence-electron chi connectivity index (χ2n) is 3.05. The number of carbonyl (C=O) groups is 1. The summed E-state index contributed by atoms with van der Waals surface area (Å²) in [5.41, 5.74) is 5.31. The standard InChI is InChI=1S/C10H6F2N2OS/c11-6-1-5(2-7(12)3-6)9(15)8-4-14-10(13)16-8/h1-4H,(H2,13,14). The lowest BCUT2D eigenvalue weighted by atomic mass is 10.1. The molecule has 1 aromatic carbocycles. The molecule has 0 bridgehead atoms. The third-order valence-corrected chi connectivity index (χ3v) is 2.70. The van der Waals surface area contributed by atoms with Crippen LogP contribution in [0, 0.1) is 11.6 Å². The zero-order valence-electron chi connectivity index (χ0n) is 7.91. The molecule has 2 aromatic rings. The van der Waals surface area contributed by atoms with Gasteiger partial charge in [0.05, 0.1) is 11.1 Å². The highest BCUT2D eigenvalue weighted by Crippen LogP contribution is 2.19. The summed E-state index contributed by atoms with van der Waals surface area (Å²) in [4.78, 5) is 15.7. The SMILES string of the molecule is Nc1ncc(C(=O)c2cc(F)cc(F)c2)s1. The average Bonchev–Trinajstić information content (AvgIpc) is 2.62. The Kier molecular flexibility index (Phi) is 2.66. The number of aromatic nitrogens is 1. The molecule has 1 aromatic heterocycles. The summed E-state index contributed by atoms with van der Waals surface area (Å²) in [5.74, 6) is -2.07. The Morgan fingerprint density at radius 2 is 1.88 bits per heavy atom. The molecule has 0 atom stereocenters. The van der Waals surface area contributed by atoms with Crippen molar-refractivity contribution in [3.8, 4) is 0 Å². The summed E-state index contributed by atoms with van der Waals surface area (Å²) in [5, 5.41) is 0.236. The van der Waals surface area contributed by atoms with Gasteiger partial charge in [0.1, 0.15) is 11.6 Å². The van der Waals surface area contributed by atoms with Gasteiger partial charge in [0.25, 0.3) is 0 Å². The number of hydrogen-bond donors (Lipinski definition) is 1. The van der Waals surface area contributed by atoms with Crippen molar-refractivity contribution in [2.45, 2.75) is 0 Å². The maximum Gasteiger partial charge on any atom is 0.204 e. The minimum absolute atomic E-state index is 0.0545. The van der Waals surface area contributed by atoms with Crippen LogP contribution in [0.5, 0.6) is 0 Å². The van der Waals surface area contributed by atoms with Crippen molar-refractivity contribution >= 4 is 22.3 Å². The number of nitrogens with zero attached hydrogens (tertiary/aromatic N) is 1. The number of halogens is 2. The van der Waals surface area contributed by atoms with Crippen molar-refractivity contribution in [3.05, 3.63) is 46.5 Å². The minimum Gasteiger partial charge on any atom is -0.375 e. The van der Waals surface area contributed by atoms with Gasteiger partial charge < -0.3 is 5.73 Å². The van der Waals surface area contributed by atoms with E-state index in [9.17, 15) is 13.6 Å². The van der Waals surface area contributed by atoms with E-state index >= 15 is 0 Å². The molecule has 0 unspecified atom stereocenters. The molecule has 16 heavy (non-hydrogen) atoms. The van der Waals surface area contributed by atoms with Crippen LogP contribution in [-0.4, -0.2) is 10.8 Å². The van der Waals surface area contributed by atoms with Gasteiger partial charge in [-0.1, -0.05) is 11.3 Å². The number of rotatable bonds is 2. The van der Waals surface area contributed by atoms with Crippen molar-refractivity contribution in [3.63, 3.8) is 0 Å². The van der Waals surface area contributed by atoms with Crippen LogP contribution in [0.3, 0.4) is 0 Å². The van der Waals surface area contributed by atoms with Crippen LogP contribution >= 0.6 is 11.3 Å². The fourth-order valence-corrected chi connectivity index (χ4v) is 1.87. The van der Waals surface area contributed by atoms with E-state index in [0.717, 1.165) is 23.5 Å². The molecule has 0 fully saturated rings. The molecule has 0 aliphatic heterocycles. The summed E-state index contributed by atoms with van der Waals surface area (Å²) >= 11 is 0.975. The molecular formula is C10H6F2N2OS. The van der Waals surface area contributed by atoms with E-state index in [1.807, 2.05) is 0 Å². The minimum atomic E-state index is -0.791. The van der Waals surface area contributed by atoms with Crippen molar-refractivity contribution in [2.24, 2.45) is 0 Å². The van der Waals surface area contributed by atoms with E-state index < -0.39 is 17.4 Å². The number of carbonyl (C=O) groups excluding carboxylic acids is 1. The summed E-state index contributed by atoms with van der Waals surface area (Å²) in [6.45, 7) is 0. The maximum atomic E-state index is 12.9. The molecule has 0 saturated carbocycles. The highest BCUT2D eigenvalue weighted by Gasteiger charge is 2.14. The van der Waals surface area contributed by atoms with Crippen molar-refractivity contribution < 1.29 is 13.6 Å². The topological polar surface area (TPSA) is 56.0 Å². The number of hydrogen-bond acceptors (Lipinski definition) is 4. The van der Waals surface area contributed by atoms with Gasteiger partial charge in [-0.3, -0.25) is 4.79 Å². The Labute approximate surface area is 93.5 Å². The third kappa shape index (κ3) is 2.06. The predicted molar refractivity (Wildman–Crippen MR) is 56.3 cm³/mol. The Bertz CT molecular complexity index is 533. The summed E-state index contributed by atoms with van der Waals surface area (Å²) in [6, 6.07) is 2.65. The number of nitrogens with two attached hydrogens (primary N) is 1. The second kappa shape index (κ2) is 3.97.